The van der Waals surface area contributed by atoms with Crippen molar-refractivity contribution >= 4 is 17.1 Å². The quantitative estimate of drug-likeness (QED) is 0.352. The van der Waals surface area contributed by atoms with E-state index in [1.54, 1.807) is 18.2 Å². The van der Waals surface area contributed by atoms with Crippen LogP contribution in [0.1, 0.15) is 63.9 Å². The SMILES string of the molecule is Cc1ccc(C2=C(c3ccc(OC4CCN(CCCF)C4)cc3)c3ccc(C(=O)O)cc3CCC2)c(F)c1. The number of nitrogens with zero attached hydrogens (tertiary/aromatic N) is 1. The molecule has 3 aromatic rings. The van der Waals surface area contributed by atoms with Crippen molar-refractivity contribution in [3.05, 3.63) is 99.9 Å². The minimum atomic E-state index is -0.955. The van der Waals surface area contributed by atoms with Crippen LogP contribution in [0.25, 0.3) is 11.1 Å². The zero-order chi connectivity index (χ0) is 26.6. The van der Waals surface area contributed by atoms with E-state index in [1.807, 2.05) is 49.4 Å². The lowest BCUT2D eigenvalue weighted by Gasteiger charge is -2.19. The Labute approximate surface area is 222 Å². The summed E-state index contributed by atoms with van der Waals surface area (Å²) in [7, 11) is 0. The van der Waals surface area contributed by atoms with E-state index >= 15 is 4.39 Å². The molecule has 198 valence electrons. The van der Waals surface area contributed by atoms with Gasteiger partial charge in [-0.1, -0.05) is 30.3 Å². The number of carboxylic acid groups (broad SMARTS) is 1. The molecule has 1 aliphatic heterocycles. The van der Waals surface area contributed by atoms with E-state index in [2.05, 4.69) is 4.90 Å². The van der Waals surface area contributed by atoms with E-state index in [9.17, 15) is 14.3 Å². The number of rotatable bonds is 8. The van der Waals surface area contributed by atoms with Gasteiger partial charge in [0.05, 0.1) is 12.2 Å². The number of aromatic carboxylic acids is 1. The molecule has 0 aromatic heterocycles. The van der Waals surface area contributed by atoms with E-state index in [1.165, 1.54) is 0 Å². The predicted molar refractivity (Wildman–Crippen MR) is 146 cm³/mol. The fraction of sp³-hybridized carbons (Fsp3) is 0.344. The van der Waals surface area contributed by atoms with E-state index in [0.717, 1.165) is 78.0 Å². The van der Waals surface area contributed by atoms with Crippen LogP contribution in [0.15, 0.2) is 60.7 Å². The Kier molecular flexibility index (Phi) is 7.89. The second-order valence-electron chi connectivity index (χ2n) is 10.3. The number of halogens is 2. The number of hydrogen-bond donors (Lipinski definition) is 1. The highest BCUT2D eigenvalue weighted by Gasteiger charge is 2.25. The Morgan fingerprint density at radius 2 is 1.84 bits per heavy atom. The number of ether oxygens (including phenoxy) is 1. The topological polar surface area (TPSA) is 49.8 Å². The smallest absolute Gasteiger partial charge is 0.335 e. The monoisotopic (exact) mass is 517 g/mol. The maximum Gasteiger partial charge on any atom is 0.335 e. The Hall–Kier alpha value is -3.51. The first kappa shape index (κ1) is 26.1. The van der Waals surface area contributed by atoms with Gasteiger partial charge < -0.3 is 9.84 Å². The minimum absolute atomic E-state index is 0.0740. The van der Waals surface area contributed by atoms with Gasteiger partial charge >= 0.3 is 5.97 Å². The molecule has 1 aliphatic carbocycles. The number of likely N-dealkylation sites (tertiary alicyclic amines) is 1. The van der Waals surface area contributed by atoms with Crippen molar-refractivity contribution in [1.82, 2.24) is 4.90 Å². The van der Waals surface area contributed by atoms with Crippen molar-refractivity contribution in [3.8, 4) is 5.75 Å². The normalized spacial score (nSPS) is 17.8. The minimum Gasteiger partial charge on any atom is -0.489 e. The first-order valence-electron chi connectivity index (χ1n) is 13.3. The van der Waals surface area contributed by atoms with E-state index in [-0.39, 0.29) is 24.2 Å². The summed E-state index contributed by atoms with van der Waals surface area (Å²) in [6.07, 6.45) is 3.74. The number of carbonyl (C=O) groups is 1. The lowest BCUT2D eigenvalue weighted by molar-refractivity contribution is 0.0696. The van der Waals surface area contributed by atoms with Crippen molar-refractivity contribution in [1.29, 1.82) is 0 Å². The molecule has 0 amide bonds. The van der Waals surface area contributed by atoms with Crippen LogP contribution in [0.4, 0.5) is 8.78 Å². The van der Waals surface area contributed by atoms with Gasteiger partial charge in [0.1, 0.15) is 17.7 Å². The third kappa shape index (κ3) is 5.65. The first-order valence-corrected chi connectivity index (χ1v) is 13.3. The van der Waals surface area contributed by atoms with Crippen molar-refractivity contribution in [2.75, 3.05) is 26.3 Å². The molecule has 0 spiro atoms. The summed E-state index contributed by atoms with van der Waals surface area (Å²) >= 11 is 0. The zero-order valence-corrected chi connectivity index (χ0v) is 21.7. The van der Waals surface area contributed by atoms with E-state index in [4.69, 9.17) is 4.74 Å². The second-order valence-corrected chi connectivity index (χ2v) is 10.3. The van der Waals surface area contributed by atoms with Gasteiger partial charge in [0.15, 0.2) is 0 Å². The molecule has 5 rings (SSSR count). The number of aryl methyl sites for hydroxylation is 2. The number of allylic oxidation sites excluding steroid dienone is 1. The summed E-state index contributed by atoms with van der Waals surface area (Å²) < 4.78 is 34.0. The zero-order valence-electron chi connectivity index (χ0n) is 21.7. The fourth-order valence-electron chi connectivity index (χ4n) is 5.66. The van der Waals surface area contributed by atoms with Crippen LogP contribution in [-0.2, 0) is 6.42 Å². The van der Waals surface area contributed by atoms with Crippen LogP contribution in [0.2, 0.25) is 0 Å². The van der Waals surface area contributed by atoms with Crippen LogP contribution in [0.5, 0.6) is 5.75 Å². The lowest BCUT2D eigenvalue weighted by Crippen LogP contribution is -2.26. The van der Waals surface area contributed by atoms with Crippen LogP contribution in [0, 0.1) is 12.7 Å². The third-order valence-electron chi connectivity index (χ3n) is 7.53. The molecule has 3 aromatic carbocycles. The Morgan fingerprint density at radius 1 is 1.05 bits per heavy atom. The third-order valence-corrected chi connectivity index (χ3v) is 7.53. The van der Waals surface area contributed by atoms with E-state index < -0.39 is 5.97 Å². The Balaban J connectivity index is 1.51. The predicted octanol–water partition coefficient (Wildman–Crippen LogP) is 6.94. The highest BCUT2D eigenvalue weighted by atomic mass is 19.1. The highest BCUT2D eigenvalue weighted by molar-refractivity contribution is 6.00. The van der Waals surface area contributed by atoms with Gasteiger partial charge in [0.25, 0.3) is 0 Å². The largest absolute Gasteiger partial charge is 0.489 e. The van der Waals surface area contributed by atoms with Crippen LogP contribution >= 0.6 is 0 Å². The highest BCUT2D eigenvalue weighted by Crippen LogP contribution is 2.41. The van der Waals surface area contributed by atoms with Gasteiger partial charge in [-0.25, -0.2) is 9.18 Å². The molecule has 38 heavy (non-hydrogen) atoms. The fourth-order valence-corrected chi connectivity index (χ4v) is 5.66. The summed E-state index contributed by atoms with van der Waals surface area (Å²) in [5.74, 6) is -0.435. The molecule has 6 heteroatoms. The number of alkyl halides is 1. The first-order chi connectivity index (χ1) is 18.4. The number of benzene rings is 3. The molecule has 0 radical (unpaired) electrons. The van der Waals surface area contributed by atoms with Crippen LogP contribution < -0.4 is 4.74 Å². The standard InChI is InChI=1S/C32H33F2NO3/c1-21-6-12-28(30(34)18-21)29-5-2-4-23-19-24(32(36)37)9-13-27(23)31(29)22-7-10-25(11-8-22)38-26-14-17-35(20-26)16-3-15-33/h6-13,18-19,26H,2-5,14-17,20H2,1H3,(H,36,37). The summed E-state index contributed by atoms with van der Waals surface area (Å²) in [6.45, 7) is 4.04. The Morgan fingerprint density at radius 3 is 2.58 bits per heavy atom. The summed E-state index contributed by atoms with van der Waals surface area (Å²) in [6, 6.07) is 18.5. The molecule has 0 saturated carbocycles. The Bertz CT molecular complexity index is 1350. The molecule has 1 fully saturated rings. The molecule has 1 N–H and O–H groups in total. The summed E-state index contributed by atoms with van der Waals surface area (Å²) in [5.41, 5.74) is 6.41. The number of fused-ring (bicyclic) bond motifs is 1. The average Bonchev–Trinajstić information content (AvgIpc) is 3.26. The van der Waals surface area contributed by atoms with Crippen molar-refractivity contribution < 1.29 is 23.4 Å². The molecular weight excluding hydrogens is 484 g/mol. The summed E-state index contributed by atoms with van der Waals surface area (Å²) in [5, 5.41) is 9.54. The second kappa shape index (κ2) is 11.5. The molecule has 1 atom stereocenters. The molecule has 1 heterocycles. The van der Waals surface area contributed by atoms with Crippen LogP contribution in [-0.4, -0.2) is 48.4 Å². The maximum absolute atomic E-state index is 15.2. The van der Waals surface area contributed by atoms with Gasteiger partial charge in [0.2, 0.25) is 0 Å². The molecule has 0 bridgehead atoms. The van der Waals surface area contributed by atoms with E-state index in [0.29, 0.717) is 18.4 Å². The van der Waals surface area contributed by atoms with Gasteiger partial charge in [0, 0.05) is 25.2 Å². The van der Waals surface area contributed by atoms with Gasteiger partial charge in [-0.05, 0) is 103 Å². The number of hydrogen-bond acceptors (Lipinski definition) is 3. The van der Waals surface area contributed by atoms with Crippen molar-refractivity contribution in [2.24, 2.45) is 0 Å². The lowest BCUT2D eigenvalue weighted by atomic mass is 9.87. The average molecular weight is 518 g/mol. The number of carboxylic acids is 1. The maximum atomic E-state index is 15.2. The van der Waals surface area contributed by atoms with Crippen LogP contribution in [0.3, 0.4) is 0 Å². The molecule has 1 unspecified atom stereocenters. The molecule has 1 saturated heterocycles. The van der Waals surface area contributed by atoms with Gasteiger partial charge in [-0.15, -0.1) is 0 Å². The van der Waals surface area contributed by atoms with Crippen molar-refractivity contribution in [2.45, 2.75) is 45.1 Å². The molecule has 2 aliphatic rings. The molecule has 4 nitrogen and oxygen atoms in total. The van der Waals surface area contributed by atoms with Crippen molar-refractivity contribution in [3.63, 3.8) is 0 Å². The molecular formula is C32H33F2NO3. The van der Waals surface area contributed by atoms with Gasteiger partial charge in [-0.3, -0.25) is 9.29 Å². The summed E-state index contributed by atoms with van der Waals surface area (Å²) in [4.78, 5) is 13.9. The van der Waals surface area contributed by atoms with Gasteiger partial charge in [-0.2, -0.15) is 0 Å².